The minimum atomic E-state index is -0.0171. The maximum atomic E-state index is 12.4. The number of urea groups is 1. The summed E-state index contributed by atoms with van der Waals surface area (Å²) in [6, 6.07) is 2.22. The molecule has 2 heterocycles. The van der Waals surface area contributed by atoms with Gasteiger partial charge in [0.15, 0.2) is 5.82 Å². The molecule has 2 amide bonds. The van der Waals surface area contributed by atoms with Crippen LogP contribution in [0.5, 0.6) is 0 Å². The number of aromatic nitrogens is 2. The molecule has 1 fully saturated rings. The third kappa shape index (κ3) is 3.08. The lowest BCUT2D eigenvalue weighted by Crippen LogP contribution is -2.48. The van der Waals surface area contributed by atoms with Gasteiger partial charge in [-0.15, -0.1) is 0 Å². The van der Waals surface area contributed by atoms with Gasteiger partial charge in [-0.1, -0.05) is 13.8 Å². The van der Waals surface area contributed by atoms with E-state index in [0.717, 1.165) is 25.1 Å². The van der Waals surface area contributed by atoms with E-state index in [2.05, 4.69) is 24.3 Å². The summed E-state index contributed by atoms with van der Waals surface area (Å²) in [7, 11) is 1.88. The van der Waals surface area contributed by atoms with Gasteiger partial charge in [-0.05, 0) is 32.1 Å². The molecule has 0 aromatic carbocycles. The predicted octanol–water partition coefficient (Wildman–Crippen LogP) is 2.77. The van der Waals surface area contributed by atoms with E-state index in [9.17, 15) is 4.79 Å². The quantitative estimate of drug-likeness (QED) is 0.893. The van der Waals surface area contributed by atoms with Gasteiger partial charge in [-0.3, -0.25) is 10.00 Å². The van der Waals surface area contributed by atoms with Gasteiger partial charge in [0, 0.05) is 31.4 Å². The number of amides is 2. The Bertz CT molecular complexity index is 433. The Balaban J connectivity index is 2.05. The number of carbonyl (C=O) groups is 1. The van der Waals surface area contributed by atoms with Gasteiger partial charge in [0.2, 0.25) is 0 Å². The number of carbonyl (C=O) groups excluding carboxylic acids is 1. The Morgan fingerprint density at radius 1 is 1.47 bits per heavy atom. The summed E-state index contributed by atoms with van der Waals surface area (Å²) in [5, 5.41) is 7.19. The molecule has 0 aliphatic carbocycles. The number of rotatable bonds is 2. The molecule has 1 unspecified atom stereocenters. The summed E-state index contributed by atoms with van der Waals surface area (Å²) >= 11 is 0. The molecule has 1 atom stereocenters. The van der Waals surface area contributed by atoms with Crippen LogP contribution in [0, 0.1) is 12.8 Å². The average Bonchev–Trinajstić information content (AvgIpc) is 2.68. The Hall–Kier alpha value is -1.52. The molecule has 1 N–H and O–H groups in total. The van der Waals surface area contributed by atoms with Crippen LogP contribution in [0.25, 0.3) is 0 Å². The van der Waals surface area contributed by atoms with Crippen LogP contribution in [0.4, 0.5) is 10.6 Å². The summed E-state index contributed by atoms with van der Waals surface area (Å²) < 4.78 is 1.77. The SMILES string of the molecule is Cc1cc(NC(=O)N2CCCCC2C(C)C)nn1C. The van der Waals surface area contributed by atoms with Crippen molar-refractivity contribution in [1.82, 2.24) is 14.7 Å². The molecule has 2 rings (SSSR count). The lowest BCUT2D eigenvalue weighted by Gasteiger charge is -2.37. The first kappa shape index (κ1) is 13.9. The van der Waals surface area contributed by atoms with Crippen molar-refractivity contribution in [2.75, 3.05) is 11.9 Å². The van der Waals surface area contributed by atoms with Gasteiger partial charge in [-0.25, -0.2) is 4.79 Å². The fourth-order valence-electron chi connectivity index (χ4n) is 2.71. The lowest BCUT2D eigenvalue weighted by molar-refractivity contribution is 0.137. The van der Waals surface area contributed by atoms with Gasteiger partial charge in [0.05, 0.1) is 0 Å². The maximum Gasteiger partial charge on any atom is 0.323 e. The first-order valence-electron chi connectivity index (χ1n) is 7.07. The molecule has 1 saturated heterocycles. The monoisotopic (exact) mass is 264 g/mol. The lowest BCUT2D eigenvalue weighted by atomic mass is 9.93. The molecule has 0 spiro atoms. The van der Waals surface area contributed by atoms with Gasteiger partial charge >= 0.3 is 6.03 Å². The molecule has 1 aromatic heterocycles. The number of hydrogen-bond acceptors (Lipinski definition) is 2. The molecule has 0 saturated carbocycles. The van der Waals surface area contributed by atoms with Crippen LogP contribution in [0.2, 0.25) is 0 Å². The maximum absolute atomic E-state index is 12.4. The zero-order valence-electron chi connectivity index (χ0n) is 12.3. The second kappa shape index (κ2) is 5.63. The van der Waals surface area contributed by atoms with Crippen molar-refractivity contribution in [3.8, 4) is 0 Å². The highest BCUT2D eigenvalue weighted by atomic mass is 16.2. The van der Waals surface area contributed by atoms with E-state index < -0.39 is 0 Å². The smallest absolute Gasteiger partial charge is 0.321 e. The van der Waals surface area contributed by atoms with E-state index in [1.807, 2.05) is 24.9 Å². The van der Waals surface area contributed by atoms with E-state index in [0.29, 0.717) is 17.8 Å². The molecule has 1 aromatic rings. The summed E-state index contributed by atoms with van der Waals surface area (Å²) in [6.45, 7) is 7.18. The molecule has 0 radical (unpaired) electrons. The predicted molar refractivity (Wildman–Crippen MR) is 76.1 cm³/mol. The third-order valence-corrected chi connectivity index (χ3v) is 3.93. The number of piperidine rings is 1. The second-order valence-electron chi connectivity index (χ2n) is 5.73. The van der Waals surface area contributed by atoms with Gasteiger partial charge in [-0.2, -0.15) is 5.10 Å². The summed E-state index contributed by atoms with van der Waals surface area (Å²) in [6.07, 6.45) is 3.42. The number of likely N-dealkylation sites (tertiary alicyclic amines) is 1. The van der Waals surface area contributed by atoms with E-state index in [4.69, 9.17) is 0 Å². The van der Waals surface area contributed by atoms with Crippen LogP contribution >= 0.6 is 0 Å². The molecular formula is C14H24N4O. The molecule has 5 heteroatoms. The average molecular weight is 264 g/mol. The minimum Gasteiger partial charge on any atom is -0.321 e. The largest absolute Gasteiger partial charge is 0.323 e. The van der Waals surface area contributed by atoms with Crippen LogP contribution in [0.1, 0.15) is 38.8 Å². The Kier molecular flexibility index (Phi) is 4.12. The number of nitrogens with zero attached hydrogens (tertiary/aromatic N) is 3. The molecular weight excluding hydrogens is 240 g/mol. The molecule has 0 bridgehead atoms. The first-order valence-corrected chi connectivity index (χ1v) is 7.07. The highest BCUT2D eigenvalue weighted by Crippen LogP contribution is 2.23. The fourth-order valence-corrected chi connectivity index (χ4v) is 2.71. The molecule has 5 nitrogen and oxygen atoms in total. The van der Waals surface area contributed by atoms with Gasteiger partial charge in [0.1, 0.15) is 0 Å². The molecule has 1 aliphatic rings. The zero-order valence-corrected chi connectivity index (χ0v) is 12.3. The van der Waals surface area contributed by atoms with Crippen molar-refractivity contribution in [2.45, 2.75) is 46.1 Å². The molecule has 106 valence electrons. The standard InChI is InChI=1S/C14H24N4O/c1-10(2)12-7-5-6-8-18(12)14(19)15-13-9-11(3)17(4)16-13/h9-10,12H,5-8H2,1-4H3,(H,15,16,19). The van der Waals surface area contributed by atoms with Crippen molar-refractivity contribution in [3.63, 3.8) is 0 Å². The number of nitrogens with one attached hydrogen (secondary N) is 1. The van der Waals surface area contributed by atoms with Crippen molar-refractivity contribution in [2.24, 2.45) is 13.0 Å². The number of anilines is 1. The summed E-state index contributed by atoms with van der Waals surface area (Å²) in [5.74, 6) is 1.13. The Labute approximate surface area is 115 Å². The topological polar surface area (TPSA) is 50.2 Å². The van der Waals surface area contributed by atoms with E-state index in [-0.39, 0.29) is 6.03 Å². The highest BCUT2D eigenvalue weighted by Gasteiger charge is 2.29. The van der Waals surface area contributed by atoms with Crippen LogP contribution in [0.3, 0.4) is 0 Å². The van der Waals surface area contributed by atoms with E-state index in [1.54, 1.807) is 4.68 Å². The van der Waals surface area contributed by atoms with Gasteiger partial charge in [0.25, 0.3) is 0 Å². The molecule has 19 heavy (non-hydrogen) atoms. The van der Waals surface area contributed by atoms with Crippen molar-refractivity contribution >= 4 is 11.8 Å². The zero-order chi connectivity index (χ0) is 14.0. The summed E-state index contributed by atoms with van der Waals surface area (Å²) in [5.41, 5.74) is 1.04. The van der Waals surface area contributed by atoms with Crippen molar-refractivity contribution < 1.29 is 4.79 Å². The molecule has 1 aliphatic heterocycles. The van der Waals surface area contributed by atoms with Crippen molar-refractivity contribution in [1.29, 1.82) is 0 Å². The number of aryl methyl sites for hydroxylation is 2. The Morgan fingerprint density at radius 3 is 2.79 bits per heavy atom. The van der Waals surface area contributed by atoms with E-state index in [1.165, 1.54) is 6.42 Å². The number of hydrogen-bond donors (Lipinski definition) is 1. The highest BCUT2D eigenvalue weighted by molar-refractivity contribution is 5.88. The van der Waals surface area contributed by atoms with Crippen LogP contribution in [0.15, 0.2) is 6.07 Å². The van der Waals surface area contributed by atoms with Crippen LogP contribution in [-0.4, -0.2) is 33.3 Å². The fraction of sp³-hybridized carbons (Fsp3) is 0.714. The summed E-state index contributed by atoms with van der Waals surface area (Å²) in [4.78, 5) is 14.3. The third-order valence-electron chi connectivity index (χ3n) is 3.93. The van der Waals surface area contributed by atoms with Crippen LogP contribution < -0.4 is 5.32 Å². The normalized spacial score (nSPS) is 19.8. The first-order chi connectivity index (χ1) is 8.99. The Morgan fingerprint density at radius 2 is 2.21 bits per heavy atom. The second-order valence-corrected chi connectivity index (χ2v) is 5.73. The minimum absolute atomic E-state index is 0.0171. The van der Waals surface area contributed by atoms with Crippen LogP contribution in [-0.2, 0) is 7.05 Å². The van der Waals surface area contributed by atoms with Gasteiger partial charge < -0.3 is 4.90 Å². The van der Waals surface area contributed by atoms with Crippen molar-refractivity contribution in [3.05, 3.63) is 11.8 Å². The van der Waals surface area contributed by atoms with E-state index >= 15 is 0 Å².